The Morgan fingerprint density at radius 3 is 2.21 bits per heavy atom. The lowest BCUT2D eigenvalue weighted by Crippen LogP contribution is -2.48. The molecule has 0 radical (unpaired) electrons. The number of imide groups is 1. The number of aromatic nitrogens is 1. The van der Waals surface area contributed by atoms with E-state index in [1.54, 1.807) is 6.92 Å². The highest BCUT2D eigenvalue weighted by atomic mass is 16.2. The first-order valence-corrected chi connectivity index (χ1v) is 11.1. The Morgan fingerprint density at radius 1 is 0.879 bits per heavy atom. The standard InChI is InChI=1S/C27H28N4O2/c1-18(26(32)31-27(33)28-2)29-17-22(19-11-5-3-6-12-19)24-21-15-9-10-16-23(21)30-25(24)20-13-7-4-8-14-20/h3-16,18,22,29-30H,17H2,1-2H3,(H2,28,31,32,33)/t18-,22-/m0/s1. The fourth-order valence-electron chi connectivity index (χ4n) is 4.10. The SMILES string of the molecule is CNC(=O)NC(=O)[C@H](C)NC[C@@H](c1ccccc1)c1c(-c2ccccc2)[nH]c2ccccc12. The van der Waals surface area contributed by atoms with Gasteiger partial charge in [-0.05, 0) is 29.7 Å². The Labute approximate surface area is 193 Å². The van der Waals surface area contributed by atoms with Gasteiger partial charge in [0, 0.05) is 30.4 Å². The second-order valence-corrected chi connectivity index (χ2v) is 7.99. The second kappa shape index (κ2) is 10.1. The van der Waals surface area contributed by atoms with Crippen LogP contribution in [0.1, 0.15) is 24.0 Å². The molecular formula is C27H28N4O2. The van der Waals surface area contributed by atoms with Gasteiger partial charge < -0.3 is 15.6 Å². The molecule has 0 fully saturated rings. The molecule has 1 aromatic heterocycles. The van der Waals surface area contributed by atoms with Gasteiger partial charge in [-0.3, -0.25) is 10.1 Å². The zero-order valence-electron chi connectivity index (χ0n) is 18.8. The van der Waals surface area contributed by atoms with E-state index in [0.29, 0.717) is 6.54 Å². The quantitative estimate of drug-likeness (QED) is 0.344. The van der Waals surface area contributed by atoms with E-state index >= 15 is 0 Å². The summed E-state index contributed by atoms with van der Waals surface area (Å²) in [5, 5.41) is 9.23. The van der Waals surface area contributed by atoms with E-state index in [4.69, 9.17) is 0 Å². The second-order valence-electron chi connectivity index (χ2n) is 7.99. The van der Waals surface area contributed by atoms with E-state index < -0.39 is 12.1 Å². The molecule has 33 heavy (non-hydrogen) atoms. The van der Waals surface area contributed by atoms with Crippen LogP contribution in [0.5, 0.6) is 0 Å². The predicted octanol–water partition coefficient (Wildman–Crippen LogP) is 4.40. The molecule has 0 saturated heterocycles. The molecule has 3 aromatic carbocycles. The summed E-state index contributed by atoms with van der Waals surface area (Å²) in [7, 11) is 1.48. The van der Waals surface area contributed by atoms with Crippen molar-refractivity contribution in [2.75, 3.05) is 13.6 Å². The Balaban J connectivity index is 1.75. The van der Waals surface area contributed by atoms with Gasteiger partial charge >= 0.3 is 6.03 Å². The number of H-pyrrole nitrogens is 1. The van der Waals surface area contributed by atoms with Crippen molar-refractivity contribution in [1.82, 2.24) is 20.9 Å². The number of amides is 3. The van der Waals surface area contributed by atoms with Crippen molar-refractivity contribution in [3.63, 3.8) is 0 Å². The van der Waals surface area contributed by atoms with Crippen LogP contribution in [0.2, 0.25) is 0 Å². The van der Waals surface area contributed by atoms with Crippen molar-refractivity contribution in [3.05, 3.63) is 96.1 Å². The van der Waals surface area contributed by atoms with Crippen LogP contribution in [0.3, 0.4) is 0 Å². The van der Waals surface area contributed by atoms with Crippen molar-refractivity contribution >= 4 is 22.8 Å². The first-order chi connectivity index (χ1) is 16.1. The van der Waals surface area contributed by atoms with Gasteiger partial charge in [0.05, 0.1) is 11.7 Å². The van der Waals surface area contributed by atoms with Gasteiger partial charge in [0.25, 0.3) is 0 Å². The first kappa shape index (κ1) is 22.3. The van der Waals surface area contributed by atoms with Gasteiger partial charge in [-0.2, -0.15) is 0 Å². The van der Waals surface area contributed by atoms with Crippen LogP contribution in [0.25, 0.3) is 22.2 Å². The molecule has 4 N–H and O–H groups in total. The maximum Gasteiger partial charge on any atom is 0.321 e. The van der Waals surface area contributed by atoms with Crippen molar-refractivity contribution in [3.8, 4) is 11.3 Å². The monoisotopic (exact) mass is 440 g/mol. The van der Waals surface area contributed by atoms with E-state index in [1.165, 1.54) is 12.6 Å². The van der Waals surface area contributed by atoms with Crippen molar-refractivity contribution in [2.45, 2.75) is 18.9 Å². The van der Waals surface area contributed by atoms with Crippen LogP contribution in [-0.2, 0) is 4.79 Å². The molecule has 6 heteroatoms. The number of fused-ring (bicyclic) bond motifs is 1. The lowest BCUT2D eigenvalue weighted by molar-refractivity contribution is -0.121. The summed E-state index contributed by atoms with van der Waals surface area (Å²) in [5.41, 5.74) is 5.56. The number of para-hydroxylation sites is 1. The van der Waals surface area contributed by atoms with Crippen molar-refractivity contribution < 1.29 is 9.59 Å². The minimum atomic E-state index is -0.543. The van der Waals surface area contributed by atoms with Crippen LogP contribution in [-0.4, -0.2) is 36.6 Å². The minimum Gasteiger partial charge on any atom is -0.354 e. The molecule has 3 amide bonds. The summed E-state index contributed by atoms with van der Waals surface area (Å²) < 4.78 is 0. The van der Waals surface area contributed by atoms with Gasteiger partial charge in [-0.1, -0.05) is 78.9 Å². The number of benzene rings is 3. The molecule has 0 aliphatic heterocycles. The van der Waals surface area contributed by atoms with E-state index in [1.807, 2.05) is 48.5 Å². The van der Waals surface area contributed by atoms with Crippen LogP contribution in [0.15, 0.2) is 84.9 Å². The summed E-state index contributed by atoms with van der Waals surface area (Å²) in [6, 6.07) is 27.8. The third kappa shape index (κ3) is 4.96. The van der Waals surface area contributed by atoms with Crippen molar-refractivity contribution in [2.24, 2.45) is 0 Å². The Hall–Kier alpha value is -3.90. The van der Waals surface area contributed by atoms with Gasteiger partial charge in [-0.25, -0.2) is 4.79 Å². The zero-order valence-corrected chi connectivity index (χ0v) is 18.8. The molecule has 0 spiro atoms. The highest BCUT2D eigenvalue weighted by molar-refractivity contribution is 5.96. The molecule has 0 bridgehead atoms. The van der Waals surface area contributed by atoms with Crippen LogP contribution in [0.4, 0.5) is 4.79 Å². The third-order valence-electron chi connectivity index (χ3n) is 5.84. The lowest BCUT2D eigenvalue weighted by atomic mass is 9.87. The molecule has 0 saturated carbocycles. The number of hydrogen-bond donors (Lipinski definition) is 4. The molecular weight excluding hydrogens is 412 g/mol. The van der Waals surface area contributed by atoms with E-state index in [0.717, 1.165) is 27.7 Å². The molecule has 4 rings (SSSR count). The van der Waals surface area contributed by atoms with Crippen LogP contribution in [0, 0.1) is 0 Å². The normalized spacial score (nSPS) is 12.8. The average Bonchev–Trinajstić information content (AvgIpc) is 3.24. The van der Waals surface area contributed by atoms with Crippen LogP contribution >= 0.6 is 0 Å². The average molecular weight is 441 g/mol. The molecule has 0 aliphatic rings. The molecule has 1 heterocycles. The van der Waals surface area contributed by atoms with E-state index in [9.17, 15) is 9.59 Å². The number of rotatable bonds is 7. The largest absolute Gasteiger partial charge is 0.354 e. The highest BCUT2D eigenvalue weighted by Gasteiger charge is 2.25. The van der Waals surface area contributed by atoms with Crippen LogP contribution < -0.4 is 16.0 Å². The molecule has 4 aromatic rings. The minimum absolute atomic E-state index is 0.0205. The fraction of sp³-hybridized carbons (Fsp3) is 0.185. The highest BCUT2D eigenvalue weighted by Crippen LogP contribution is 2.38. The number of urea groups is 1. The van der Waals surface area contributed by atoms with Crippen molar-refractivity contribution in [1.29, 1.82) is 0 Å². The first-order valence-electron chi connectivity index (χ1n) is 11.1. The van der Waals surface area contributed by atoms with Gasteiger partial charge in [0.15, 0.2) is 0 Å². The maximum atomic E-state index is 12.4. The summed E-state index contributed by atoms with van der Waals surface area (Å²) in [4.78, 5) is 27.6. The van der Waals surface area contributed by atoms with E-state index in [2.05, 4.69) is 57.3 Å². The fourth-order valence-corrected chi connectivity index (χ4v) is 4.10. The maximum absolute atomic E-state index is 12.4. The number of hydrogen-bond acceptors (Lipinski definition) is 3. The number of carbonyl (C=O) groups is 2. The third-order valence-corrected chi connectivity index (χ3v) is 5.84. The molecule has 168 valence electrons. The summed E-state index contributed by atoms with van der Waals surface area (Å²) >= 11 is 0. The van der Waals surface area contributed by atoms with Gasteiger partial charge in [0.2, 0.25) is 5.91 Å². The zero-order chi connectivity index (χ0) is 23.2. The number of nitrogens with one attached hydrogen (secondary N) is 4. The number of aromatic amines is 1. The van der Waals surface area contributed by atoms with Gasteiger partial charge in [0.1, 0.15) is 0 Å². The predicted molar refractivity (Wildman–Crippen MR) is 132 cm³/mol. The van der Waals surface area contributed by atoms with Gasteiger partial charge in [-0.15, -0.1) is 0 Å². The van der Waals surface area contributed by atoms with E-state index in [-0.39, 0.29) is 11.8 Å². The topological polar surface area (TPSA) is 86.0 Å². The molecule has 2 atom stereocenters. The molecule has 6 nitrogen and oxygen atoms in total. The Bertz CT molecular complexity index is 1230. The summed E-state index contributed by atoms with van der Waals surface area (Å²) in [6.07, 6.45) is 0. The molecule has 0 aliphatic carbocycles. The Morgan fingerprint density at radius 2 is 1.52 bits per heavy atom. The smallest absolute Gasteiger partial charge is 0.321 e. The summed E-state index contributed by atoms with van der Waals surface area (Å²) in [5.74, 6) is -0.392. The Kier molecular flexibility index (Phi) is 6.86. The summed E-state index contributed by atoms with van der Waals surface area (Å²) in [6.45, 7) is 2.28. The number of carbonyl (C=O) groups excluding carboxylic acids is 2. The molecule has 0 unspecified atom stereocenters. The lowest BCUT2D eigenvalue weighted by Gasteiger charge is -2.22.